The van der Waals surface area contributed by atoms with Crippen LogP contribution in [0.15, 0.2) is 60.8 Å². The first-order chi connectivity index (χ1) is 31.0. The first-order valence-electron chi connectivity index (χ1n) is 27.0. The van der Waals surface area contributed by atoms with Crippen LogP contribution in [0.1, 0.15) is 265 Å². The number of esters is 1. The highest BCUT2D eigenvalue weighted by molar-refractivity contribution is 5.77. The van der Waals surface area contributed by atoms with Crippen molar-refractivity contribution in [1.82, 2.24) is 5.32 Å². The summed E-state index contributed by atoms with van der Waals surface area (Å²) in [5.74, 6) is -0.543. The number of aliphatic hydroxyl groups is 2. The lowest BCUT2D eigenvalue weighted by atomic mass is 10.0. The summed E-state index contributed by atoms with van der Waals surface area (Å²) in [4.78, 5) is 26.2. The number of hydrogen-bond acceptors (Lipinski definition) is 5. The van der Waals surface area contributed by atoms with Gasteiger partial charge in [-0.1, -0.05) is 229 Å². The van der Waals surface area contributed by atoms with Gasteiger partial charge < -0.3 is 20.3 Å². The van der Waals surface area contributed by atoms with E-state index in [1.807, 2.05) is 0 Å². The Morgan fingerprint density at radius 3 is 1.38 bits per heavy atom. The predicted molar refractivity (Wildman–Crippen MR) is 273 cm³/mol. The molecule has 6 nitrogen and oxygen atoms in total. The molecule has 3 atom stereocenters. The van der Waals surface area contributed by atoms with Gasteiger partial charge >= 0.3 is 5.97 Å². The minimum atomic E-state index is -0.804. The second kappa shape index (κ2) is 50.6. The molecular formula is C57H103NO5. The Bertz CT molecular complexity index is 1130. The summed E-state index contributed by atoms with van der Waals surface area (Å²) >= 11 is 0. The average Bonchev–Trinajstić information content (AvgIpc) is 3.28. The van der Waals surface area contributed by atoms with E-state index in [9.17, 15) is 19.8 Å². The van der Waals surface area contributed by atoms with Crippen molar-refractivity contribution in [2.45, 2.75) is 283 Å². The number of nitrogens with one attached hydrogen (secondary N) is 1. The Hall–Kier alpha value is -2.44. The molecule has 0 aromatic rings. The number of hydrogen-bond donors (Lipinski definition) is 3. The number of aliphatic hydroxyl groups excluding tert-OH is 2. The Labute approximate surface area is 390 Å². The summed E-state index contributed by atoms with van der Waals surface area (Å²) in [5.41, 5.74) is 0. The molecule has 3 N–H and O–H groups in total. The summed E-state index contributed by atoms with van der Waals surface area (Å²) < 4.78 is 5.91. The smallest absolute Gasteiger partial charge is 0.306 e. The van der Waals surface area contributed by atoms with E-state index in [1.165, 1.54) is 135 Å². The normalized spacial score (nSPS) is 13.7. The Kier molecular flexibility index (Phi) is 48.6. The lowest BCUT2D eigenvalue weighted by Gasteiger charge is -2.24. The number of unbranched alkanes of at least 4 members (excludes halogenated alkanes) is 27. The van der Waals surface area contributed by atoms with Gasteiger partial charge in [0.25, 0.3) is 0 Å². The van der Waals surface area contributed by atoms with Crippen LogP contribution in [0.25, 0.3) is 0 Å². The Morgan fingerprint density at radius 2 is 0.873 bits per heavy atom. The van der Waals surface area contributed by atoms with Gasteiger partial charge in [0, 0.05) is 6.42 Å². The van der Waals surface area contributed by atoms with E-state index in [1.54, 1.807) is 0 Å². The number of carbonyl (C=O) groups excluding carboxylic acids is 2. The Balaban J connectivity index is 4.67. The third kappa shape index (κ3) is 45.9. The summed E-state index contributed by atoms with van der Waals surface area (Å²) in [6.07, 6.45) is 62.8. The molecule has 0 bridgehead atoms. The van der Waals surface area contributed by atoms with E-state index < -0.39 is 18.2 Å². The minimum absolute atomic E-state index is 0.0348. The second-order valence-electron chi connectivity index (χ2n) is 18.3. The zero-order chi connectivity index (χ0) is 45.9. The van der Waals surface area contributed by atoms with E-state index >= 15 is 0 Å². The highest BCUT2D eigenvalue weighted by Crippen LogP contribution is 2.17. The topological polar surface area (TPSA) is 95.9 Å². The molecule has 3 unspecified atom stereocenters. The number of ether oxygens (including phenoxy) is 1. The first kappa shape index (κ1) is 60.6. The van der Waals surface area contributed by atoms with Gasteiger partial charge in [0.2, 0.25) is 5.91 Å². The fourth-order valence-electron chi connectivity index (χ4n) is 7.96. The van der Waals surface area contributed by atoms with Crippen molar-refractivity contribution in [2.24, 2.45) is 0 Å². The van der Waals surface area contributed by atoms with Gasteiger partial charge in [-0.15, -0.1) is 0 Å². The molecule has 0 saturated heterocycles. The summed E-state index contributed by atoms with van der Waals surface area (Å²) in [7, 11) is 0. The van der Waals surface area contributed by atoms with Crippen LogP contribution in [-0.2, 0) is 14.3 Å². The van der Waals surface area contributed by atoms with Gasteiger partial charge in [0.1, 0.15) is 6.10 Å². The fourth-order valence-corrected chi connectivity index (χ4v) is 7.96. The second-order valence-corrected chi connectivity index (χ2v) is 18.3. The first-order valence-corrected chi connectivity index (χ1v) is 27.0. The van der Waals surface area contributed by atoms with Gasteiger partial charge in [-0.3, -0.25) is 9.59 Å². The Morgan fingerprint density at radius 1 is 0.476 bits per heavy atom. The fraction of sp³-hybridized carbons (Fsp3) is 0.789. The lowest BCUT2D eigenvalue weighted by molar-refractivity contribution is -0.151. The minimum Gasteiger partial charge on any atom is -0.462 e. The maximum absolute atomic E-state index is 13.2. The largest absolute Gasteiger partial charge is 0.462 e. The molecule has 0 spiro atoms. The molecule has 0 aliphatic carbocycles. The molecule has 0 aromatic carbocycles. The quantitative estimate of drug-likeness (QED) is 0.0245. The van der Waals surface area contributed by atoms with Crippen molar-refractivity contribution < 1.29 is 24.5 Å². The molecule has 0 fully saturated rings. The number of amides is 1. The molecule has 63 heavy (non-hydrogen) atoms. The van der Waals surface area contributed by atoms with Crippen molar-refractivity contribution in [1.29, 1.82) is 0 Å². The third-order valence-corrected chi connectivity index (χ3v) is 12.1. The highest BCUT2D eigenvalue weighted by atomic mass is 16.5. The van der Waals surface area contributed by atoms with Crippen LogP contribution in [-0.4, -0.2) is 46.9 Å². The van der Waals surface area contributed by atoms with Crippen LogP contribution >= 0.6 is 0 Å². The molecule has 366 valence electrons. The zero-order valence-corrected chi connectivity index (χ0v) is 41.7. The molecule has 0 aliphatic rings. The highest BCUT2D eigenvalue weighted by Gasteiger charge is 2.24. The molecular weight excluding hydrogens is 779 g/mol. The maximum atomic E-state index is 13.2. The van der Waals surface area contributed by atoms with Crippen molar-refractivity contribution >= 4 is 11.9 Å². The van der Waals surface area contributed by atoms with Crippen molar-refractivity contribution in [2.75, 3.05) is 6.61 Å². The molecule has 0 radical (unpaired) electrons. The maximum Gasteiger partial charge on any atom is 0.306 e. The number of allylic oxidation sites excluding steroid dienone is 10. The summed E-state index contributed by atoms with van der Waals surface area (Å²) in [6.45, 7) is 6.44. The van der Waals surface area contributed by atoms with E-state index in [0.29, 0.717) is 19.3 Å². The summed E-state index contributed by atoms with van der Waals surface area (Å²) in [5, 5.41) is 23.8. The molecule has 0 saturated carbocycles. The average molecular weight is 882 g/mol. The van der Waals surface area contributed by atoms with Crippen LogP contribution in [0.5, 0.6) is 0 Å². The molecule has 6 heteroatoms. The predicted octanol–water partition coefficient (Wildman–Crippen LogP) is 16.4. The van der Waals surface area contributed by atoms with E-state index in [-0.39, 0.29) is 24.9 Å². The summed E-state index contributed by atoms with van der Waals surface area (Å²) in [6, 6.07) is -0.722. The van der Waals surface area contributed by atoms with Crippen LogP contribution < -0.4 is 5.32 Å². The monoisotopic (exact) mass is 882 g/mol. The van der Waals surface area contributed by atoms with Gasteiger partial charge in [-0.25, -0.2) is 0 Å². The molecule has 0 aromatic heterocycles. The van der Waals surface area contributed by atoms with Crippen molar-refractivity contribution in [3.05, 3.63) is 60.8 Å². The van der Waals surface area contributed by atoms with Crippen LogP contribution in [0, 0.1) is 0 Å². The molecule has 0 rings (SSSR count). The standard InChI is InChI=1S/C57H103NO5/c1-4-7-10-13-16-19-22-25-27-28-29-32-35-38-41-44-47-50-57(62)63-53(48-45-42-39-36-33-31-26-23-20-17-14-11-8-5-2)51-56(61)58-54(52-59)55(60)49-46-43-40-37-34-30-24-21-18-15-12-9-6-3/h16,19,25,27,29,31-33,36,39,53-55,59-60H,4-15,17-18,20-24,26,28,30,34-35,37-38,40-52H2,1-3H3,(H,58,61)/b19-16-,27-25-,32-29-,33-31+,39-36+. The van der Waals surface area contributed by atoms with E-state index in [4.69, 9.17) is 4.74 Å². The van der Waals surface area contributed by atoms with Gasteiger partial charge in [0.15, 0.2) is 0 Å². The van der Waals surface area contributed by atoms with Gasteiger partial charge in [0.05, 0.1) is 25.2 Å². The number of rotatable bonds is 48. The lowest BCUT2D eigenvalue weighted by Crippen LogP contribution is -2.46. The van der Waals surface area contributed by atoms with E-state index in [0.717, 1.165) is 83.5 Å². The molecule has 0 aliphatic heterocycles. The van der Waals surface area contributed by atoms with Crippen LogP contribution in [0.3, 0.4) is 0 Å². The third-order valence-electron chi connectivity index (χ3n) is 12.1. The van der Waals surface area contributed by atoms with Crippen LogP contribution in [0.4, 0.5) is 0 Å². The van der Waals surface area contributed by atoms with Crippen LogP contribution in [0.2, 0.25) is 0 Å². The van der Waals surface area contributed by atoms with Crippen molar-refractivity contribution in [3.8, 4) is 0 Å². The van der Waals surface area contributed by atoms with Crippen molar-refractivity contribution in [3.63, 3.8) is 0 Å². The van der Waals surface area contributed by atoms with Gasteiger partial charge in [-0.05, 0) is 83.5 Å². The van der Waals surface area contributed by atoms with E-state index in [2.05, 4.69) is 86.8 Å². The number of carbonyl (C=O) groups is 2. The van der Waals surface area contributed by atoms with Gasteiger partial charge in [-0.2, -0.15) is 0 Å². The molecule has 1 amide bonds. The molecule has 0 heterocycles. The zero-order valence-electron chi connectivity index (χ0n) is 41.7. The SMILES string of the molecule is CCCCC/C=C\C/C=C\C/C=C\CCCCCCC(=O)OC(CCC/C=C/C=C/CCCCCCCCC)CC(=O)NC(CO)C(O)CCCCCCCCCCCCCCC.